The Labute approximate surface area is 264 Å². The minimum absolute atomic E-state index is 0.148. The number of anilines is 2. The van der Waals surface area contributed by atoms with E-state index in [2.05, 4.69) is 116 Å². The van der Waals surface area contributed by atoms with Gasteiger partial charge in [-0.15, -0.1) is 0 Å². The van der Waals surface area contributed by atoms with Gasteiger partial charge in [-0.25, -0.2) is 4.57 Å². The van der Waals surface area contributed by atoms with Gasteiger partial charge in [-0.05, 0) is 65.9 Å². The Morgan fingerprint density at radius 1 is 0.767 bits per heavy atom. The van der Waals surface area contributed by atoms with Crippen LogP contribution in [-0.4, -0.2) is 54.6 Å². The van der Waals surface area contributed by atoms with Gasteiger partial charge in [0.15, 0.2) is 18.9 Å². The van der Waals surface area contributed by atoms with E-state index >= 15 is 0 Å². The standard InChI is InChI=1S/C35H42N4O2S2/c1-28(32-11-16-38(17-12-32)19-21-40)25-30-3-7-34(8-4-30)36-14-23-42-43-24-15-37-35-9-5-31(6-10-35)26-29(2)33-13-18-39(27-33)20-22-41/h3-13,16-18,25-27,37,40-41H,14-15,19-24H2,1-2H3/p+2/b29-26+. The first-order valence-electron chi connectivity index (χ1n) is 14.8. The maximum absolute atomic E-state index is 9.13. The summed E-state index contributed by atoms with van der Waals surface area (Å²) >= 11 is 0. The van der Waals surface area contributed by atoms with Gasteiger partial charge in [0, 0.05) is 59.8 Å². The summed E-state index contributed by atoms with van der Waals surface area (Å²) in [6.45, 7) is 7.78. The molecule has 0 saturated carbocycles. The van der Waals surface area contributed by atoms with Gasteiger partial charge < -0.3 is 20.8 Å². The minimum Gasteiger partial charge on any atom is -0.390 e. The normalized spacial score (nSPS) is 15.1. The van der Waals surface area contributed by atoms with E-state index in [1.54, 1.807) is 0 Å². The molecule has 0 aliphatic carbocycles. The average molecular weight is 617 g/mol. The van der Waals surface area contributed by atoms with Crippen LogP contribution in [0, 0.1) is 0 Å². The lowest BCUT2D eigenvalue weighted by molar-refractivity contribution is -0.788. The molecule has 0 radical (unpaired) electrons. The predicted molar refractivity (Wildman–Crippen MR) is 186 cm³/mol. The molecule has 8 heteroatoms. The molecule has 1 aliphatic heterocycles. The van der Waals surface area contributed by atoms with Crippen LogP contribution in [0.1, 0.15) is 30.5 Å². The van der Waals surface area contributed by atoms with Gasteiger partial charge in [-0.3, -0.25) is 4.90 Å². The van der Waals surface area contributed by atoms with Crippen molar-refractivity contribution in [3.05, 3.63) is 119 Å². The number of rotatable bonds is 17. The number of hydrogen-bond donors (Lipinski definition) is 5. The Morgan fingerprint density at radius 3 is 1.86 bits per heavy atom. The van der Waals surface area contributed by atoms with Crippen molar-refractivity contribution in [1.29, 1.82) is 0 Å². The number of pyridine rings is 1. The number of aromatic nitrogens is 1. The monoisotopic (exact) mass is 616 g/mol. The van der Waals surface area contributed by atoms with Crippen LogP contribution in [0.3, 0.4) is 0 Å². The van der Waals surface area contributed by atoms with E-state index in [4.69, 9.17) is 10.2 Å². The van der Waals surface area contributed by atoms with Crippen LogP contribution in [-0.2, 0) is 6.54 Å². The van der Waals surface area contributed by atoms with Gasteiger partial charge in [0.25, 0.3) is 0 Å². The maximum atomic E-state index is 9.13. The smallest absolute Gasteiger partial charge is 0.171 e. The zero-order chi connectivity index (χ0) is 30.3. The van der Waals surface area contributed by atoms with Crippen LogP contribution in [0.15, 0.2) is 103 Å². The lowest BCUT2D eigenvalue weighted by atomic mass is 10.1. The number of quaternary nitrogens is 1. The van der Waals surface area contributed by atoms with Crippen molar-refractivity contribution >= 4 is 50.7 Å². The van der Waals surface area contributed by atoms with Crippen molar-refractivity contribution in [2.24, 2.45) is 0 Å². The van der Waals surface area contributed by atoms with Gasteiger partial charge >= 0.3 is 0 Å². The average Bonchev–Trinajstić information content (AvgIpc) is 3.50. The highest BCUT2D eigenvalue weighted by molar-refractivity contribution is 8.76. The summed E-state index contributed by atoms with van der Waals surface area (Å²) in [7, 11) is 3.80. The van der Waals surface area contributed by atoms with E-state index in [-0.39, 0.29) is 13.2 Å². The number of hydrogen-bond acceptors (Lipinski definition) is 6. The molecule has 0 bridgehead atoms. The van der Waals surface area contributed by atoms with E-state index in [1.807, 2.05) is 38.5 Å². The number of nitrogens with one attached hydrogen (secondary N) is 3. The van der Waals surface area contributed by atoms with E-state index in [9.17, 15) is 0 Å². The van der Waals surface area contributed by atoms with E-state index < -0.39 is 0 Å². The van der Waals surface area contributed by atoms with Gasteiger partial charge in [0.1, 0.15) is 19.4 Å². The van der Waals surface area contributed by atoms with Crippen molar-refractivity contribution in [1.82, 2.24) is 0 Å². The molecular weight excluding hydrogens is 573 g/mol. The van der Waals surface area contributed by atoms with Crippen LogP contribution in [0.2, 0.25) is 0 Å². The molecule has 0 fully saturated rings. The number of benzene rings is 2. The summed E-state index contributed by atoms with van der Waals surface area (Å²) < 4.78 is 1.98. The van der Waals surface area contributed by atoms with Gasteiger partial charge in [0.2, 0.25) is 0 Å². The lowest BCUT2D eigenvalue weighted by Gasteiger charge is -2.08. The van der Waals surface area contributed by atoms with Crippen molar-refractivity contribution in [2.75, 3.05) is 55.0 Å². The first-order chi connectivity index (χ1) is 21.0. The summed E-state index contributed by atoms with van der Waals surface area (Å²) in [5.74, 6) is 2.09. The summed E-state index contributed by atoms with van der Waals surface area (Å²) in [5.41, 5.74) is 9.48. The Hall–Kier alpha value is -3.27. The molecule has 4 rings (SSSR count). The summed E-state index contributed by atoms with van der Waals surface area (Å²) in [4.78, 5) is 1.18. The SMILES string of the molecule is C/C(=C\c1ccc(NCCSSCCNc2ccc(/C=C(\C)c3cc[n+](CCO)cc3)cc2)cc1)C1=C[NH+](CCO)C=C1. The topological polar surface area (TPSA) is 72.8 Å². The third kappa shape index (κ3) is 11.1. The molecule has 1 aliphatic rings. The van der Waals surface area contributed by atoms with Crippen LogP contribution < -0.4 is 20.1 Å². The molecule has 1 aromatic heterocycles. The lowest BCUT2D eigenvalue weighted by Crippen LogP contribution is -3.02. The third-order valence-electron chi connectivity index (χ3n) is 7.08. The fourth-order valence-corrected chi connectivity index (χ4v) is 6.47. The highest BCUT2D eigenvalue weighted by atomic mass is 33.1. The molecule has 2 heterocycles. The number of nitrogens with zero attached hydrogens (tertiary/aromatic N) is 1. The van der Waals surface area contributed by atoms with Crippen LogP contribution in [0.25, 0.3) is 17.7 Å². The summed E-state index contributed by atoms with van der Waals surface area (Å²) in [5, 5.41) is 25.2. The fourth-order valence-electron chi connectivity index (χ4n) is 4.66. The van der Waals surface area contributed by atoms with Gasteiger partial charge in [-0.2, -0.15) is 0 Å². The molecule has 0 spiro atoms. The number of aliphatic hydroxyl groups is 2. The predicted octanol–water partition coefficient (Wildman–Crippen LogP) is 5.12. The Bertz CT molecular complexity index is 1400. The zero-order valence-corrected chi connectivity index (χ0v) is 26.8. The van der Waals surface area contributed by atoms with E-state index in [1.165, 1.54) is 38.3 Å². The minimum atomic E-state index is 0.148. The highest BCUT2D eigenvalue weighted by Crippen LogP contribution is 2.22. The highest BCUT2D eigenvalue weighted by Gasteiger charge is 2.11. The Morgan fingerprint density at radius 2 is 1.33 bits per heavy atom. The molecule has 0 saturated heterocycles. The molecule has 1 atom stereocenters. The van der Waals surface area contributed by atoms with E-state index in [0.29, 0.717) is 13.1 Å². The first-order valence-corrected chi connectivity index (χ1v) is 17.3. The maximum Gasteiger partial charge on any atom is 0.171 e. The Balaban J connectivity index is 1.08. The van der Waals surface area contributed by atoms with Crippen molar-refractivity contribution in [2.45, 2.75) is 20.4 Å². The van der Waals surface area contributed by atoms with Crippen LogP contribution >= 0.6 is 21.6 Å². The second kappa shape index (κ2) is 17.8. The zero-order valence-electron chi connectivity index (χ0n) is 25.1. The molecule has 6 nitrogen and oxygen atoms in total. The molecule has 5 N–H and O–H groups in total. The number of allylic oxidation sites excluding steroid dienone is 4. The summed E-state index contributed by atoms with van der Waals surface area (Å²) in [6, 6.07) is 21.3. The first kappa shape index (κ1) is 32.6. The molecule has 1 unspecified atom stereocenters. The van der Waals surface area contributed by atoms with Gasteiger partial charge in [0.05, 0.1) is 12.8 Å². The Kier molecular flexibility index (Phi) is 13.5. The van der Waals surface area contributed by atoms with Crippen molar-refractivity contribution < 1.29 is 19.7 Å². The molecule has 2 aromatic carbocycles. The largest absolute Gasteiger partial charge is 0.390 e. The number of aliphatic hydroxyl groups excluding tert-OH is 2. The molecule has 0 amide bonds. The van der Waals surface area contributed by atoms with Gasteiger partial charge in [-0.1, -0.05) is 58.0 Å². The van der Waals surface area contributed by atoms with Crippen molar-refractivity contribution in [3.8, 4) is 0 Å². The second-order valence-corrected chi connectivity index (χ2v) is 13.1. The van der Waals surface area contributed by atoms with Crippen LogP contribution in [0.5, 0.6) is 0 Å². The third-order valence-corrected chi connectivity index (χ3v) is 9.49. The fraction of sp³-hybridized carbons (Fsp3) is 0.286. The molecule has 43 heavy (non-hydrogen) atoms. The quantitative estimate of drug-likeness (QED) is 0.0824. The molecule has 3 aromatic rings. The summed E-state index contributed by atoms with van der Waals surface area (Å²) in [6.07, 6.45) is 14.8. The molecular formula is C35H44N4O2S2+2. The molecule has 226 valence electrons. The van der Waals surface area contributed by atoms with Crippen molar-refractivity contribution in [3.63, 3.8) is 0 Å². The second-order valence-electron chi connectivity index (χ2n) is 10.4. The van der Waals surface area contributed by atoms with E-state index in [0.717, 1.165) is 36.0 Å². The van der Waals surface area contributed by atoms with Crippen LogP contribution in [0.4, 0.5) is 11.4 Å².